The maximum atomic E-state index is 13.7. The molecule has 0 saturated carbocycles. The van der Waals surface area contributed by atoms with E-state index in [1.807, 2.05) is 13.0 Å². The van der Waals surface area contributed by atoms with E-state index in [1.54, 1.807) is 24.5 Å². The molecular weight excluding hydrogens is 283 g/mol. The summed E-state index contributed by atoms with van der Waals surface area (Å²) in [5.41, 5.74) is 8.31. The van der Waals surface area contributed by atoms with Crippen LogP contribution in [0.15, 0.2) is 41.1 Å². The number of nitrogens with zero attached hydrogens (tertiary/aromatic N) is 1. The van der Waals surface area contributed by atoms with E-state index in [0.29, 0.717) is 5.56 Å². The molecular formula is C13H12BrFN2. The Balaban J connectivity index is 2.43. The first-order valence-corrected chi connectivity index (χ1v) is 5.99. The van der Waals surface area contributed by atoms with Crippen molar-refractivity contribution < 1.29 is 4.39 Å². The van der Waals surface area contributed by atoms with Gasteiger partial charge in [0.2, 0.25) is 0 Å². The van der Waals surface area contributed by atoms with E-state index >= 15 is 0 Å². The van der Waals surface area contributed by atoms with Crippen LogP contribution in [-0.2, 0) is 0 Å². The summed E-state index contributed by atoms with van der Waals surface area (Å²) in [7, 11) is 0. The molecule has 1 atom stereocenters. The predicted octanol–water partition coefficient (Wildman–Crippen LogP) is 3.34. The van der Waals surface area contributed by atoms with Gasteiger partial charge in [0.15, 0.2) is 0 Å². The molecule has 0 saturated heterocycles. The van der Waals surface area contributed by atoms with E-state index < -0.39 is 6.04 Å². The number of aryl methyl sites for hydroxylation is 1. The fourth-order valence-electron chi connectivity index (χ4n) is 1.68. The van der Waals surface area contributed by atoms with Crippen LogP contribution < -0.4 is 5.73 Å². The van der Waals surface area contributed by atoms with Crippen molar-refractivity contribution in [2.75, 3.05) is 0 Å². The zero-order chi connectivity index (χ0) is 12.4. The van der Waals surface area contributed by atoms with Crippen LogP contribution >= 0.6 is 15.9 Å². The van der Waals surface area contributed by atoms with Gasteiger partial charge in [-0.25, -0.2) is 4.39 Å². The summed E-state index contributed by atoms with van der Waals surface area (Å²) in [4.78, 5) is 4.03. The number of aromatic nitrogens is 1. The van der Waals surface area contributed by atoms with Gasteiger partial charge in [-0.3, -0.25) is 4.98 Å². The highest BCUT2D eigenvalue weighted by molar-refractivity contribution is 9.10. The van der Waals surface area contributed by atoms with Crippen molar-refractivity contribution in [2.24, 2.45) is 5.73 Å². The average Bonchev–Trinajstić information content (AvgIpc) is 2.31. The van der Waals surface area contributed by atoms with Crippen molar-refractivity contribution in [3.05, 3.63) is 63.6 Å². The van der Waals surface area contributed by atoms with Crippen LogP contribution in [0.3, 0.4) is 0 Å². The summed E-state index contributed by atoms with van der Waals surface area (Å²) in [5, 5.41) is 0. The molecule has 0 spiro atoms. The first kappa shape index (κ1) is 12.2. The number of hydrogen-bond acceptors (Lipinski definition) is 2. The quantitative estimate of drug-likeness (QED) is 0.923. The molecule has 0 aliphatic heterocycles. The minimum atomic E-state index is -0.500. The Labute approximate surface area is 108 Å². The number of rotatable bonds is 2. The summed E-state index contributed by atoms with van der Waals surface area (Å²) < 4.78 is 14.5. The third-order valence-electron chi connectivity index (χ3n) is 2.57. The monoisotopic (exact) mass is 294 g/mol. The maximum absolute atomic E-state index is 13.7. The second-order valence-corrected chi connectivity index (χ2v) is 4.85. The molecule has 2 N–H and O–H groups in total. The van der Waals surface area contributed by atoms with Gasteiger partial charge < -0.3 is 5.73 Å². The van der Waals surface area contributed by atoms with Crippen molar-refractivity contribution in [3.63, 3.8) is 0 Å². The molecule has 88 valence electrons. The number of halogens is 2. The van der Waals surface area contributed by atoms with Crippen LogP contribution in [0.5, 0.6) is 0 Å². The van der Waals surface area contributed by atoms with E-state index in [2.05, 4.69) is 20.9 Å². The highest BCUT2D eigenvalue weighted by Crippen LogP contribution is 2.24. The highest BCUT2D eigenvalue weighted by Gasteiger charge is 2.14. The van der Waals surface area contributed by atoms with Gasteiger partial charge in [-0.2, -0.15) is 0 Å². The van der Waals surface area contributed by atoms with Crippen LogP contribution in [0, 0.1) is 12.7 Å². The van der Waals surface area contributed by atoms with Gasteiger partial charge in [0, 0.05) is 22.4 Å². The SMILES string of the molecule is Cc1ccc(F)c(C(N)c2cncc(Br)c2)c1. The molecule has 17 heavy (non-hydrogen) atoms. The Morgan fingerprint density at radius 2 is 2.06 bits per heavy atom. The van der Waals surface area contributed by atoms with Gasteiger partial charge in [0.1, 0.15) is 5.82 Å². The highest BCUT2D eigenvalue weighted by atomic mass is 79.9. The smallest absolute Gasteiger partial charge is 0.128 e. The Morgan fingerprint density at radius 1 is 1.29 bits per heavy atom. The van der Waals surface area contributed by atoms with E-state index in [1.165, 1.54) is 6.07 Å². The lowest BCUT2D eigenvalue weighted by Gasteiger charge is -2.14. The molecule has 1 heterocycles. The third kappa shape index (κ3) is 2.70. The summed E-state index contributed by atoms with van der Waals surface area (Å²) in [6.07, 6.45) is 3.32. The minimum absolute atomic E-state index is 0.289. The molecule has 0 bridgehead atoms. The van der Waals surface area contributed by atoms with Gasteiger partial charge in [-0.15, -0.1) is 0 Å². The first-order chi connectivity index (χ1) is 8.08. The molecule has 0 aliphatic rings. The van der Waals surface area contributed by atoms with E-state index in [4.69, 9.17) is 5.73 Å². The number of benzene rings is 1. The second kappa shape index (κ2) is 4.94. The van der Waals surface area contributed by atoms with Gasteiger partial charge in [0.25, 0.3) is 0 Å². The Bertz CT molecular complexity index is 543. The third-order valence-corrected chi connectivity index (χ3v) is 3.01. The van der Waals surface area contributed by atoms with Gasteiger partial charge >= 0.3 is 0 Å². The summed E-state index contributed by atoms with van der Waals surface area (Å²) in [6, 6.07) is 6.28. The molecule has 4 heteroatoms. The van der Waals surface area contributed by atoms with Crippen molar-refractivity contribution in [2.45, 2.75) is 13.0 Å². The summed E-state index contributed by atoms with van der Waals surface area (Å²) in [5.74, 6) is -0.289. The fourth-order valence-corrected chi connectivity index (χ4v) is 2.06. The van der Waals surface area contributed by atoms with E-state index in [0.717, 1.165) is 15.6 Å². The van der Waals surface area contributed by atoms with Crippen molar-refractivity contribution >= 4 is 15.9 Å². The van der Waals surface area contributed by atoms with Crippen LogP contribution in [-0.4, -0.2) is 4.98 Å². The molecule has 1 aromatic heterocycles. The van der Waals surface area contributed by atoms with Gasteiger partial charge in [-0.05, 0) is 40.5 Å². The standard InChI is InChI=1S/C13H12BrFN2/c1-8-2-3-12(15)11(4-8)13(16)9-5-10(14)7-17-6-9/h2-7,13H,16H2,1H3. The normalized spacial score (nSPS) is 12.5. The summed E-state index contributed by atoms with van der Waals surface area (Å²) >= 11 is 3.32. The Hall–Kier alpha value is -1.26. The van der Waals surface area contributed by atoms with Gasteiger partial charge in [0.05, 0.1) is 6.04 Å². The molecule has 2 aromatic rings. The summed E-state index contributed by atoms with van der Waals surface area (Å²) in [6.45, 7) is 1.91. The van der Waals surface area contributed by atoms with Crippen LogP contribution in [0.4, 0.5) is 4.39 Å². The number of hydrogen-bond donors (Lipinski definition) is 1. The fraction of sp³-hybridized carbons (Fsp3) is 0.154. The first-order valence-electron chi connectivity index (χ1n) is 5.20. The molecule has 0 radical (unpaired) electrons. The Morgan fingerprint density at radius 3 is 2.76 bits per heavy atom. The lowest BCUT2D eigenvalue weighted by Crippen LogP contribution is -2.14. The number of pyridine rings is 1. The van der Waals surface area contributed by atoms with Crippen LogP contribution in [0.1, 0.15) is 22.7 Å². The zero-order valence-corrected chi connectivity index (χ0v) is 10.9. The molecule has 0 aliphatic carbocycles. The molecule has 0 amide bonds. The lowest BCUT2D eigenvalue weighted by atomic mass is 9.99. The minimum Gasteiger partial charge on any atom is -0.320 e. The van der Waals surface area contributed by atoms with Crippen molar-refractivity contribution in [1.82, 2.24) is 4.98 Å². The topological polar surface area (TPSA) is 38.9 Å². The van der Waals surface area contributed by atoms with E-state index in [9.17, 15) is 4.39 Å². The Kier molecular flexibility index (Phi) is 3.54. The maximum Gasteiger partial charge on any atom is 0.128 e. The van der Waals surface area contributed by atoms with Crippen LogP contribution in [0.25, 0.3) is 0 Å². The predicted molar refractivity (Wildman–Crippen MR) is 69.1 cm³/mol. The molecule has 2 rings (SSSR count). The van der Waals surface area contributed by atoms with Crippen molar-refractivity contribution in [3.8, 4) is 0 Å². The van der Waals surface area contributed by atoms with E-state index in [-0.39, 0.29) is 5.82 Å². The largest absolute Gasteiger partial charge is 0.320 e. The zero-order valence-electron chi connectivity index (χ0n) is 9.32. The lowest BCUT2D eigenvalue weighted by molar-refractivity contribution is 0.598. The molecule has 0 fully saturated rings. The van der Waals surface area contributed by atoms with Gasteiger partial charge in [-0.1, -0.05) is 17.7 Å². The average molecular weight is 295 g/mol. The second-order valence-electron chi connectivity index (χ2n) is 3.94. The van der Waals surface area contributed by atoms with Crippen LogP contribution in [0.2, 0.25) is 0 Å². The number of nitrogens with two attached hydrogens (primary N) is 1. The molecule has 1 unspecified atom stereocenters. The van der Waals surface area contributed by atoms with Crippen molar-refractivity contribution in [1.29, 1.82) is 0 Å². The molecule has 2 nitrogen and oxygen atoms in total. The molecule has 1 aromatic carbocycles.